The highest BCUT2D eigenvalue weighted by Gasteiger charge is 2.08. The van der Waals surface area contributed by atoms with E-state index in [1.54, 1.807) is 6.92 Å². The number of carbonyl (C=O) groups excluding carboxylic acids is 1. The Balaban J connectivity index is 2.62. The number of Topliss-reactive ketones (excluding diaryl/α,β-unsaturated/α-hetero) is 1. The maximum Gasteiger partial charge on any atom is 0.159 e. The average molecular weight is 309 g/mol. The number of hydrogen-bond donors (Lipinski definition) is 0. The summed E-state index contributed by atoms with van der Waals surface area (Å²) in [5.41, 5.74) is 1.88. The van der Waals surface area contributed by atoms with Gasteiger partial charge in [0, 0.05) is 29.2 Å². The summed E-state index contributed by atoms with van der Waals surface area (Å²) in [5, 5.41) is 0. The van der Waals surface area contributed by atoms with Crippen molar-refractivity contribution in [3.8, 4) is 5.75 Å². The lowest BCUT2D eigenvalue weighted by Crippen LogP contribution is -2.25. The quantitative estimate of drug-likeness (QED) is 0.485. The molecule has 0 amide bonds. The Kier molecular flexibility index (Phi) is 8.47. The minimum absolute atomic E-state index is 0.104. The molecule has 0 spiro atoms. The Morgan fingerprint density at radius 3 is 2.52 bits per heavy atom. The lowest BCUT2D eigenvalue weighted by atomic mass is 10.1. The smallest absolute Gasteiger partial charge is 0.159 e. The molecule has 0 heterocycles. The third-order valence-corrected chi connectivity index (χ3v) is 4.46. The third kappa shape index (κ3) is 6.10. The molecule has 0 atom stereocenters. The van der Waals surface area contributed by atoms with Gasteiger partial charge < -0.3 is 9.64 Å². The minimum Gasteiger partial charge on any atom is -0.494 e. The summed E-state index contributed by atoms with van der Waals surface area (Å²) in [6, 6.07) is 5.73. The molecule has 4 heteroatoms. The van der Waals surface area contributed by atoms with Crippen LogP contribution in [0.1, 0.15) is 43.6 Å². The molecular weight excluding hydrogens is 282 g/mol. The first-order valence-corrected chi connectivity index (χ1v) is 8.84. The molecule has 21 heavy (non-hydrogen) atoms. The molecule has 1 aromatic carbocycles. The Hall–Kier alpha value is -1.00. The summed E-state index contributed by atoms with van der Waals surface area (Å²) in [7, 11) is 0. The van der Waals surface area contributed by atoms with Crippen molar-refractivity contribution in [2.24, 2.45) is 0 Å². The molecule has 1 rings (SSSR count). The van der Waals surface area contributed by atoms with Gasteiger partial charge in [-0.2, -0.15) is 11.8 Å². The molecule has 0 aliphatic heterocycles. The molecule has 0 fully saturated rings. The van der Waals surface area contributed by atoms with Gasteiger partial charge >= 0.3 is 0 Å². The maximum atomic E-state index is 11.5. The minimum atomic E-state index is 0.104. The van der Waals surface area contributed by atoms with E-state index in [0.29, 0.717) is 6.61 Å². The van der Waals surface area contributed by atoms with Crippen molar-refractivity contribution < 1.29 is 9.53 Å². The molecule has 0 unspecified atom stereocenters. The van der Waals surface area contributed by atoms with E-state index in [-0.39, 0.29) is 5.78 Å². The summed E-state index contributed by atoms with van der Waals surface area (Å²) in [6.07, 6.45) is 0. The Morgan fingerprint density at radius 2 is 1.95 bits per heavy atom. The van der Waals surface area contributed by atoms with Crippen LogP contribution in [-0.2, 0) is 5.75 Å². The van der Waals surface area contributed by atoms with E-state index < -0.39 is 0 Å². The highest BCUT2D eigenvalue weighted by molar-refractivity contribution is 7.98. The van der Waals surface area contributed by atoms with Crippen LogP contribution in [-0.4, -0.2) is 42.7 Å². The van der Waals surface area contributed by atoms with E-state index in [1.807, 2.05) is 36.9 Å². The number of ketones is 1. The number of carbonyl (C=O) groups is 1. The predicted molar refractivity (Wildman–Crippen MR) is 91.6 cm³/mol. The maximum absolute atomic E-state index is 11.5. The molecule has 3 nitrogen and oxygen atoms in total. The lowest BCUT2D eigenvalue weighted by Gasteiger charge is -2.17. The van der Waals surface area contributed by atoms with E-state index in [1.165, 1.54) is 0 Å². The molecule has 0 aromatic heterocycles. The fraction of sp³-hybridized carbons (Fsp3) is 0.588. The number of nitrogens with zero attached hydrogens (tertiary/aromatic N) is 1. The number of ether oxygens (including phenoxy) is 1. The summed E-state index contributed by atoms with van der Waals surface area (Å²) in [5.74, 6) is 2.99. The van der Waals surface area contributed by atoms with Crippen LogP contribution in [0.2, 0.25) is 0 Å². The molecule has 0 bridgehead atoms. The first-order chi connectivity index (χ1) is 10.1. The van der Waals surface area contributed by atoms with E-state index >= 15 is 0 Å². The molecule has 0 aliphatic carbocycles. The number of benzene rings is 1. The van der Waals surface area contributed by atoms with Gasteiger partial charge in [-0.1, -0.05) is 13.8 Å². The molecule has 0 N–H and O–H groups in total. The molecular formula is C17H27NO2S. The van der Waals surface area contributed by atoms with Crippen molar-refractivity contribution in [2.45, 2.75) is 33.4 Å². The van der Waals surface area contributed by atoms with E-state index in [9.17, 15) is 4.79 Å². The second-order valence-corrected chi connectivity index (χ2v) is 6.00. The topological polar surface area (TPSA) is 29.5 Å². The van der Waals surface area contributed by atoms with Gasteiger partial charge in [-0.25, -0.2) is 0 Å². The molecule has 1 aromatic rings. The van der Waals surface area contributed by atoms with Crippen LogP contribution >= 0.6 is 11.8 Å². The monoisotopic (exact) mass is 309 g/mol. The van der Waals surface area contributed by atoms with Crippen molar-refractivity contribution in [3.63, 3.8) is 0 Å². The molecule has 118 valence electrons. The van der Waals surface area contributed by atoms with Crippen molar-refractivity contribution in [1.82, 2.24) is 4.90 Å². The average Bonchev–Trinajstić information content (AvgIpc) is 2.48. The molecule has 0 aliphatic rings. The van der Waals surface area contributed by atoms with Gasteiger partial charge in [0.1, 0.15) is 5.75 Å². The number of thioether (sulfide) groups is 1. The van der Waals surface area contributed by atoms with Crippen molar-refractivity contribution >= 4 is 17.5 Å². The standard InChI is InChI=1S/C17H27NO2S/c1-5-18(6-2)10-11-21-13-16-12-15(14(4)19)8-9-17(16)20-7-3/h8-9,12H,5-7,10-11,13H2,1-4H3. The van der Waals surface area contributed by atoms with Crippen molar-refractivity contribution in [3.05, 3.63) is 29.3 Å². The zero-order valence-electron chi connectivity index (χ0n) is 13.6. The van der Waals surface area contributed by atoms with Gasteiger partial charge in [-0.3, -0.25) is 4.79 Å². The summed E-state index contributed by atoms with van der Waals surface area (Å²) in [6.45, 7) is 11.9. The lowest BCUT2D eigenvalue weighted by molar-refractivity contribution is 0.101. The molecule has 0 saturated carbocycles. The Morgan fingerprint density at radius 1 is 1.24 bits per heavy atom. The normalized spacial score (nSPS) is 10.9. The second kappa shape index (κ2) is 9.85. The second-order valence-electron chi connectivity index (χ2n) is 4.89. The molecule has 0 radical (unpaired) electrons. The Labute approximate surface area is 133 Å². The van der Waals surface area contributed by atoms with Crippen LogP contribution in [0.25, 0.3) is 0 Å². The zero-order valence-corrected chi connectivity index (χ0v) is 14.5. The van der Waals surface area contributed by atoms with Crippen molar-refractivity contribution in [2.75, 3.05) is 32.0 Å². The highest BCUT2D eigenvalue weighted by atomic mass is 32.2. The fourth-order valence-electron chi connectivity index (χ4n) is 2.12. The van der Waals surface area contributed by atoms with E-state index in [4.69, 9.17) is 4.74 Å². The van der Waals surface area contributed by atoms with Crippen LogP contribution < -0.4 is 4.74 Å². The van der Waals surface area contributed by atoms with Crippen LogP contribution in [0.5, 0.6) is 5.75 Å². The highest BCUT2D eigenvalue weighted by Crippen LogP contribution is 2.25. The van der Waals surface area contributed by atoms with Crippen LogP contribution in [0.15, 0.2) is 18.2 Å². The van der Waals surface area contributed by atoms with Gasteiger partial charge in [0.15, 0.2) is 5.78 Å². The number of hydrogen-bond acceptors (Lipinski definition) is 4. The molecule has 0 saturated heterocycles. The van der Waals surface area contributed by atoms with Gasteiger partial charge in [-0.15, -0.1) is 0 Å². The van der Waals surface area contributed by atoms with Gasteiger partial charge in [0.25, 0.3) is 0 Å². The van der Waals surface area contributed by atoms with Gasteiger partial charge in [-0.05, 0) is 45.1 Å². The summed E-state index contributed by atoms with van der Waals surface area (Å²) < 4.78 is 5.66. The van der Waals surface area contributed by atoms with Crippen LogP contribution in [0.4, 0.5) is 0 Å². The van der Waals surface area contributed by atoms with E-state index in [0.717, 1.165) is 48.0 Å². The number of rotatable bonds is 10. The van der Waals surface area contributed by atoms with Crippen molar-refractivity contribution in [1.29, 1.82) is 0 Å². The van der Waals surface area contributed by atoms with E-state index in [2.05, 4.69) is 18.7 Å². The van der Waals surface area contributed by atoms with Gasteiger partial charge in [0.2, 0.25) is 0 Å². The first kappa shape index (κ1) is 18.1. The fourth-order valence-corrected chi connectivity index (χ4v) is 3.10. The third-order valence-electron chi connectivity index (χ3n) is 3.47. The zero-order chi connectivity index (χ0) is 15.7. The van der Waals surface area contributed by atoms with Crippen LogP contribution in [0.3, 0.4) is 0 Å². The summed E-state index contributed by atoms with van der Waals surface area (Å²) >= 11 is 1.89. The summed E-state index contributed by atoms with van der Waals surface area (Å²) in [4.78, 5) is 13.9. The SMILES string of the molecule is CCOc1ccc(C(C)=O)cc1CSCCN(CC)CC. The van der Waals surface area contributed by atoms with Gasteiger partial charge in [0.05, 0.1) is 6.61 Å². The Bertz CT molecular complexity index is 444. The predicted octanol–water partition coefficient (Wildman–Crippen LogP) is 3.86. The largest absolute Gasteiger partial charge is 0.494 e. The van der Waals surface area contributed by atoms with Crippen LogP contribution in [0, 0.1) is 0 Å². The first-order valence-electron chi connectivity index (χ1n) is 7.69.